The van der Waals surface area contributed by atoms with E-state index in [1.165, 1.54) is 12.1 Å². The Labute approximate surface area is 121 Å². The predicted molar refractivity (Wildman–Crippen MR) is 77.3 cm³/mol. The third-order valence-electron chi connectivity index (χ3n) is 3.54. The highest BCUT2D eigenvalue weighted by Gasteiger charge is 2.43. The van der Waals surface area contributed by atoms with Gasteiger partial charge in [-0.3, -0.25) is 4.79 Å². The van der Waals surface area contributed by atoms with Crippen molar-refractivity contribution in [2.75, 3.05) is 5.32 Å². The number of rotatable bonds is 3. The molecule has 1 aliphatic rings. The molecule has 20 heavy (non-hydrogen) atoms. The van der Waals surface area contributed by atoms with Crippen LogP contribution in [0.1, 0.15) is 17.9 Å². The first-order valence-electron chi connectivity index (χ1n) is 6.46. The van der Waals surface area contributed by atoms with Crippen molar-refractivity contribution in [1.82, 2.24) is 0 Å². The van der Waals surface area contributed by atoms with E-state index in [1.807, 2.05) is 30.3 Å². The fraction of sp³-hybridized carbons (Fsp3) is 0.188. The molecule has 0 radical (unpaired) electrons. The van der Waals surface area contributed by atoms with Crippen LogP contribution in [-0.2, 0) is 4.79 Å². The summed E-state index contributed by atoms with van der Waals surface area (Å²) in [6, 6.07) is 14.1. The Kier molecular flexibility index (Phi) is 3.45. The zero-order chi connectivity index (χ0) is 14.1. The Morgan fingerprint density at radius 2 is 1.95 bits per heavy atom. The standard InChI is InChI=1S/C16H13ClFNO/c17-11-6-7-15(14(18)8-11)19-16(20)13-9-12(13)10-4-2-1-3-5-10/h1-8,12-13H,9H2,(H,19,20)/t12-,13-/m0/s1. The lowest BCUT2D eigenvalue weighted by Gasteiger charge is -2.06. The van der Waals surface area contributed by atoms with Crippen LogP contribution in [0.15, 0.2) is 48.5 Å². The monoisotopic (exact) mass is 289 g/mol. The van der Waals surface area contributed by atoms with Crippen LogP contribution in [0, 0.1) is 11.7 Å². The van der Waals surface area contributed by atoms with Gasteiger partial charge in [-0.25, -0.2) is 4.39 Å². The first-order valence-corrected chi connectivity index (χ1v) is 6.84. The molecule has 2 aromatic carbocycles. The molecular weight excluding hydrogens is 277 g/mol. The van der Waals surface area contributed by atoms with Crippen molar-refractivity contribution in [3.05, 3.63) is 64.9 Å². The number of carbonyl (C=O) groups is 1. The number of amides is 1. The van der Waals surface area contributed by atoms with Gasteiger partial charge >= 0.3 is 0 Å². The van der Waals surface area contributed by atoms with Crippen LogP contribution in [0.5, 0.6) is 0 Å². The second kappa shape index (κ2) is 5.25. The lowest BCUT2D eigenvalue weighted by atomic mass is 10.1. The van der Waals surface area contributed by atoms with Gasteiger partial charge in [-0.2, -0.15) is 0 Å². The maximum Gasteiger partial charge on any atom is 0.228 e. The number of hydrogen-bond donors (Lipinski definition) is 1. The first kappa shape index (κ1) is 13.1. The lowest BCUT2D eigenvalue weighted by molar-refractivity contribution is -0.117. The van der Waals surface area contributed by atoms with Gasteiger partial charge < -0.3 is 5.32 Å². The van der Waals surface area contributed by atoms with Crippen molar-refractivity contribution in [1.29, 1.82) is 0 Å². The van der Waals surface area contributed by atoms with E-state index >= 15 is 0 Å². The largest absolute Gasteiger partial charge is 0.323 e. The maximum absolute atomic E-state index is 13.6. The number of nitrogens with one attached hydrogen (secondary N) is 1. The summed E-state index contributed by atoms with van der Waals surface area (Å²) in [7, 11) is 0. The van der Waals surface area contributed by atoms with Gasteiger partial charge in [-0.05, 0) is 36.1 Å². The second-order valence-corrected chi connectivity index (χ2v) is 5.41. The van der Waals surface area contributed by atoms with Gasteiger partial charge in [0.2, 0.25) is 5.91 Å². The van der Waals surface area contributed by atoms with Gasteiger partial charge in [-0.15, -0.1) is 0 Å². The Morgan fingerprint density at radius 3 is 2.65 bits per heavy atom. The summed E-state index contributed by atoms with van der Waals surface area (Å²) in [6.07, 6.45) is 0.811. The minimum Gasteiger partial charge on any atom is -0.323 e. The summed E-state index contributed by atoms with van der Waals surface area (Å²) in [4.78, 5) is 12.1. The number of carbonyl (C=O) groups excluding carboxylic acids is 1. The summed E-state index contributed by atoms with van der Waals surface area (Å²) in [5, 5.41) is 2.94. The average Bonchev–Trinajstić information content (AvgIpc) is 3.23. The predicted octanol–water partition coefficient (Wildman–Crippen LogP) is 4.22. The molecular formula is C16H13ClFNO. The highest BCUT2D eigenvalue weighted by atomic mass is 35.5. The van der Waals surface area contributed by atoms with E-state index < -0.39 is 5.82 Å². The van der Waals surface area contributed by atoms with Crippen molar-refractivity contribution in [3.8, 4) is 0 Å². The molecule has 3 rings (SSSR count). The molecule has 4 heteroatoms. The minimum absolute atomic E-state index is 0.0764. The van der Waals surface area contributed by atoms with Gasteiger partial charge in [0.15, 0.2) is 0 Å². The van der Waals surface area contributed by atoms with E-state index in [-0.39, 0.29) is 23.4 Å². The molecule has 0 aromatic heterocycles. The molecule has 2 aromatic rings. The molecule has 1 N–H and O–H groups in total. The highest BCUT2D eigenvalue weighted by Crippen LogP contribution is 2.47. The van der Waals surface area contributed by atoms with Crippen LogP contribution in [0.3, 0.4) is 0 Å². The Morgan fingerprint density at radius 1 is 1.20 bits per heavy atom. The fourth-order valence-corrected chi connectivity index (χ4v) is 2.53. The zero-order valence-electron chi connectivity index (χ0n) is 10.6. The summed E-state index contributed by atoms with van der Waals surface area (Å²) in [5.41, 5.74) is 1.34. The van der Waals surface area contributed by atoms with Gasteiger partial charge in [0.05, 0.1) is 5.69 Å². The van der Waals surface area contributed by atoms with Gasteiger partial charge in [0.25, 0.3) is 0 Å². The number of halogens is 2. The summed E-state index contributed by atoms with van der Waals surface area (Å²) < 4.78 is 13.6. The maximum atomic E-state index is 13.6. The first-order chi connectivity index (χ1) is 9.65. The lowest BCUT2D eigenvalue weighted by Crippen LogP contribution is -2.15. The molecule has 0 saturated heterocycles. The van der Waals surface area contributed by atoms with Crippen molar-refractivity contribution in [2.45, 2.75) is 12.3 Å². The van der Waals surface area contributed by atoms with Crippen LogP contribution >= 0.6 is 11.6 Å². The highest BCUT2D eigenvalue weighted by molar-refractivity contribution is 6.30. The molecule has 2 nitrogen and oxygen atoms in total. The second-order valence-electron chi connectivity index (χ2n) is 4.97. The summed E-state index contributed by atoms with van der Waals surface area (Å²) in [5.74, 6) is -0.484. The average molecular weight is 290 g/mol. The molecule has 0 unspecified atom stereocenters. The van der Waals surface area contributed by atoms with Crippen LogP contribution in [-0.4, -0.2) is 5.91 Å². The Bertz CT molecular complexity index is 644. The Balaban J connectivity index is 1.67. The third kappa shape index (κ3) is 2.68. The molecule has 1 aliphatic carbocycles. The molecule has 0 aliphatic heterocycles. The van der Waals surface area contributed by atoms with E-state index in [0.29, 0.717) is 5.02 Å². The van der Waals surface area contributed by atoms with Crippen molar-refractivity contribution >= 4 is 23.2 Å². The van der Waals surface area contributed by atoms with E-state index in [0.717, 1.165) is 12.0 Å². The molecule has 1 amide bonds. The van der Waals surface area contributed by atoms with Crippen LogP contribution in [0.25, 0.3) is 0 Å². The van der Waals surface area contributed by atoms with E-state index in [2.05, 4.69) is 5.32 Å². The number of benzene rings is 2. The van der Waals surface area contributed by atoms with E-state index in [1.54, 1.807) is 6.07 Å². The van der Waals surface area contributed by atoms with Crippen LogP contribution < -0.4 is 5.32 Å². The molecule has 0 spiro atoms. The molecule has 0 bridgehead atoms. The topological polar surface area (TPSA) is 29.1 Å². The van der Waals surface area contributed by atoms with Crippen LogP contribution in [0.2, 0.25) is 5.02 Å². The van der Waals surface area contributed by atoms with Gasteiger partial charge in [0, 0.05) is 10.9 Å². The molecule has 2 atom stereocenters. The summed E-state index contributed by atoms with van der Waals surface area (Å²) in [6.45, 7) is 0. The number of hydrogen-bond acceptors (Lipinski definition) is 1. The molecule has 102 valence electrons. The minimum atomic E-state index is -0.511. The van der Waals surface area contributed by atoms with Crippen molar-refractivity contribution in [3.63, 3.8) is 0 Å². The molecule has 1 fully saturated rings. The summed E-state index contributed by atoms with van der Waals surface area (Å²) >= 11 is 5.68. The SMILES string of the molecule is O=C(Nc1ccc(Cl)cc1F)[C@H]1C[C@H]1c1ccccc1. The smallest absolute Gasteiger partial charge is 0.228 e. The van der Waals surface area contributed by atoms with Gasteiger partial charge in [0.1, 0.15) is 5.82 Å². The number of anilines is 1. The van der Waals surface area contributed by atoms with E-state index in [4.69, 9.17) is 11.6 Å². The Hall–Kier alpha value is -1.87. The van der Waals surface area contributed by atoms with Gasteiger partial charge in [-0.1, -0.05) is 41.9 Å². The molecule has 0 heterocycles. The van der Waals surface area contributed by atoms with Crippen molar-refractivity contribution in [2.24, 2.45) is 5.92 Å². The van der Waals surface area contributed by atoms with Crippen LogP contribution in [0.4, 0.5) is 10.1 Å². The fourth-order valence-electron chi connectivity index (χ4n) is 2.37. The van der Waals surface area contributed by atoms with Crippen molar-refractivity contribution < 1.29 is 9.18 Å². The quantitative estimate of drug-likeness (QED) is 0.900. The third-order valence-corrected chi connectivity index (χ3v) is 3.78. The molecule has 1 saturated carbocycles. The zero-order valence-corrected chi connectivity index (χ0v) is 11.4. The normalized spacial score (nSPS) is 20.5. The van der Waals surface area contributed by atoms with E-state index in [9.17, 15) is 9.18 Å².